The van der Waals surface area contributed by atoms with Crippen LogP contribution in [-0.2, 0) is 0 Å². The van der Waals surface area contributed by atoms with E-state index in [1.54, 1.807) is 6.07 Å². The summed E-state index contributed by atoms with van der Waals surface area (Å²) < 4.78 is 5.47. The Morgan fingerprint density at radius 3 is 2.80 bits per heavy atom. The maximum atomic E-state index is 11.7. The molecule has 0 bridgehead atoms. The van der Waals surface area contributed by atoms with E-state index in [4.69, 9.17) is 16.3 Å². The molecule has 0 atom stereocenters. The van der Waals surface area contributed by atoms with E-state index in [1.165, 1.54) is 0 Å². The number of aryl methyl sites for hydroxylation is 1. The van der Waals surface area contributed by atoms with Gasteiger partial charge in [0.15, 0.2) is 5.78 Å². The van der Waals surface area contributed by atoms with Crippen LogP contribution in [0.4, 0.5) is 0 Å². The van der Waals surface area contributed by atoms with Crippen molar-refractivity contribution in [2.45, 2.75) is 20.3 Å². The molecule has 0 unspecified atom stereocenters. The SMILES string of the molecule is CCOc1c(C)cccc1C(=O)CCCl. The topological polar surface area (TPSA) is 26.3 Å². The second-order valence-corrected chi connectivity index (χ2v) is 3.62. The minimum absolute atomic E-state index is 0.0390. The molecule has 0 heterocycles. The van der Waals surface area contributed by atoms with Gasteiger partial charge in [0.05, 0.1) is 12.2 Å². The lowest BCUT2D eigenvalue weighted by atomic mass is 10.0. The highest BCUT2D eigenvalue weighted by Crippen LogP contribution is 2.24. The molecular weight excluding hydrogens is 212 g/mol. The molecule has 1 aromatic carbocycles. The van der Waals surface area contributed by atoms with Crippen molar-refractivity contribution >= 4 is 17.4 Å². The largest absolute Gasteiger partial charge is 0.493 e. The molecular formula is C12H15ClO2. The number of para-hydroxylation sites is 1. The number of alkyl halides is 1. The Morgan fingerprint density at radius 2 is 2.20 bits per heavy atom. The third kappa shape index (κ3) is 2.96. The number of ketones is 1. The molecule has 0 aromatic heterocycles. The van der Waals surface area contributed by atoms with Gasteiger partial charge in [0.1, 0.15) is 5.75 Å². The predicted octanol–water partition coefficient (Wildman–Crippen LogP) is 3.21. The van der Waals surface area contributed by atoms with Crippen LogP contribution in [0.5, 0.6) is 5.75 Å². The van der Waals surface area contributed by atoms with Crippen molar-refractivity contribution < 1.29 is 9.53 Å². The molecule has 0 radical (unpaired) electrons. The summed E-state index contributed by atoms with van der Waals surface area (Å²) >= 11 is 5.55. The van der Waals surface area contributed by atoms with Gasteiger partial charge in [-0.25, -0.2) is 0 Å². The zero-order valence-electron chi connectivity index (χ0n) is 9.05. The molecule has 0 aliphatic heterocycles. The Labute approximate surface area is 95.2 Å². The summed E-state index contributed by atoms with van der Waals surface area (Å²) in [5, 5.41) is 0. The molecule has 0 fully saturated rings. The maximum absolute atomic E-state index is 11.7. The van der Waals surface area contributed by atoms with E-state index in [0.717, 1.165) is 5.56 Å². The van der Waals surface area contributed by atoms with E-state index in [9.17, 15) is 4.79 Å². The van der Waals surface area contributed by atoms with Gasteiger partial charge in [0.25, 0.3) is 0 Å². The summed E-state index contributed by atoms with van der Waals surface area (Å²) in [4.78, 5) is 11.7. The van der Waals surface area contributed by atoms with Gasteiger partial charge >= 0.3 is 0 Å². The quantitative estimate of drug-likeness (QED) is 0.569. The number of hydrogen-bond acceptors (Lipinski definition) is 2. The summed E-state index contributed by atoms with van der Waals surface area (Å²) in [6.07, 6.45) is 0.352. The van der Waals surface area contributed by atoms with Gasteiger partial charge in [-0.2, -0.15) is 0 Å². The number of rotatable bonds is 5. The zero-order chi connectivity index (χ0) is 11.3. The summed E-state index contributed by atoms with van der Waals surface area (Å²) in [6, 6.07) is 5.58. The molecule has 0 aliphatic carbocycles. The standard InChI is InChI=1S/C12H15ClO2/c1-3-15-12-9(2)5-4-6-10(12)11(14)7-8-13/h4-6H,3,7-8H2,1-2H3. The Morgan fingerprint density at radius 1 is 1.47 bits per heavy atom. The highest BCUT2D eigenvalue weighted by atomic mass is 35.5. The Hall–Kier alpha value is -1.02. The summed E-state index contributed by atoms with van der Waals surface area (Å²) in [7, 11) is 0. The lowest BCUT2D eigenvalue weighted by Crippen LogP contribution is -2.05. The van der Waals surface area contributed by atoms with Gasteiger partial charge in [-0.05, 0) is 25.5 Å². The van der Waals surface area contributed by atoms with Crippen LogP contribution < -0.4 is 4.74 Å². The number of Topliss-reactive ketones (excluding diaryl/α,β-unsaturated/α-hetero) is 1. The molecule has 1 rings (SSSR count). The van der Waals surface area contributed by atoms with Crippen LogP contribution in [0.15, 0.2) is 18.2 Å². The summed E-state index contributed by atoms with van der Waals surface area (Å²) in [5.74, 6) is 1.07. The first-order valence-electron chi connectivity index (χ1n) is 5.02. The van der Waals surface area contributed by atoms with Gasteiger partial charge in [-0.15, -0.1) is 11.6 Å². The lowest BCUT2D eigenvalue weighted by Gasteiger charge is -2.11. The van der Waals surface area contributed by atoms with Crippen molar-refractivity contribution in [3.8, 4) is 5.75 Å². The molecule has 0 aliphatic rings. The summed E-state index contributed by atoms with van der Waals surface area (Å²) in [5.41, 5.74) is 1.62. The second kappa shape index (κ2) is 5.76. The summed E-state index contributed by atoms with van der Waals surface area (Å²) in [6.45, 7) is 4.40. The van der Waals surface area contributed by atoms with Gasteiger partial charge in [-0.1, -0.05) is 12.1 Å². The van der Waals surface area contributed by atoms with Crippen LogP contribution in [-0.4, -0.2) is 18.3 Å². The van der Waals surface area contributed by atoms with Crippen molar-refractivity contribution in [3.63, 3.8) is 0 Å². The number of carbonyl (C=O) groups is 1. The van der Waals surface area contributed by atoms with Crippen molar-refractivity contribution in [1.29, 1.82) is 0 Å². The van der Waals surface area contributed by atoms with Crippen molar-refractivity contribution in [3.05, 3.63) is 29.3 Å². The van der Waals surface area contributed by atoms with E-state index < -0.39 is 0 Å². The van der Waals surface area contributed by atoms with Crippen LogP contribution in [0.25, 0.3) is 0 Å². The number of hydrogen-bond donors (Lipinski definition) is 0. The first-order valence-corrected chi connectivity index (χ1v) is 5.55. The number of halogens is 1. The minimum atomic E-state index is 0.0390. The molecule has 0 amide bonds. The molecule has 0 saturated carbocycles. The molecule has 0 N–H and O–H groups in total. The Bertz CT molecular complexity index is 347. The van der Waals surface area contributed by atoms with Gasteiger partial charge in [0, 0.05) is 12.3 Å². The van der Waals surface area contributed by atoms with E-state index in [-0.39, 0.29) is 5.78 Å². The molecule has 0 saturated heterocycles. The van der Waals surface area contributed by atoms with Crippen LogP contribution in [0.1, 0.15) is 29.3 Å². The smallest absolute Gasteiger partial charge is 0.167 e. The predicted molar refractivity (Wildman–Crippen MR) is 62.0 cm³/mol. The number of ether oxygens (including phenoxy) is 1. The fourth-order valence-corrected chi connectivity index (χ4v) is 1.60. The first-order chi connectivity index (χ1) is 7.20. The number of carbonyl (C=O) groups excluding carboxylic acids is 1. The average molecular weight is 227 g/mol. The maximum Gasteiger partial charge on any atom is 0.167 e. The molecule has 3 heteroatoms. The van der Waals surface area contributed by atoms with Crippen molar-refractivity contribution in [1.82, 2.24) is 0 Å². The van der Waals surface area contributed by atoms with Gasteiger partial charge in [0.2, 0.25) is 0 Å². The number of benzene rings is 1. The van der Waals surface area contributed by atoms with Crippen LogP contribution in [0.3, 0.4) is 0 Å². The lowest BCUT2D eigenvalue weighted by molar-refractivity contribution is 0.0985. The van der Waals surface area contributed by atoms with E-state index in [2.05, 4.69) is 0 Å². The van der Waals surface area contributed by atoms with Crippen LogP contribution >= 0.6 is 11.6 Å². The molecule has 82 valence electrons. The molecule has 1 aromatic rings. The Balaban J connectivity index is 3.04. The third-order valence-electron chi connectivity index (χ3n) is 2.12. The van der Waals surface area contributed by atoms with Gasteiger partial charge < -0.3 is 4.74 Å². The zero-order valence-corrected chi connectivity index (χ0v) is 9.80. The molecule has 2 nitrogen and oxygen atoms in total. The van der Waals surface area contributed by atoms with Crippen molar-refractivity contribution in [2.24, 2.45) is 0 Å². The average Bonchev–Trinajstić information content (AvgIpc) is 2.21. The monoisotopic (exact) mass is 226 g/mol. The van der Waals surface area contributed by atoms with Gasteiger partial charge in [-0.3, -0.25) is 4.79 Å². The molecule has 0 spiro atoms. The van der Waals surface area contributed by atoms with Crippen LogP contribution in [0.2, 0.25) is 0 Å². The highest BCUT2D eigenvalue weighted by Gasteiger charge is 2.13. The van der Waals surface area contributed by atoms with Crippen molar-refractivity contribution in [2.75, 3.05) is 12.5 Å². The Kier molecular flexibility index (Phi) is 4.63. The minimum Gasteiger partial charge on any atom is -0.493 e. The fraction of sp³-hybridized carbons (Fsp3) is 0.417. The van der Waals surface area contributed by atoms with E-state index in [0.29, 0.717) is 30.2 Å². The fourth-order valence-electron chi connectivity index (χ4n) is 1.43. The first kappa shape index (κ1) is 12.1. The van der Waals surface area contributed by atoms with E-state index in [1.807, 2.05) is 26.0 Å². The van der Waals surface area contributed by atoms with E-state index >= 15 is 0 Å². The highest BCUT2D eigenvalue weighted by molar-refractivity contribution is 6.19. The normalized spacial score (nSPS) is 10.1. The van der Waals surface area contributed by atoms with Crippen LogP contribution in [0, 0.1) is 6.92 Å². The second-order valence-electron chi connectivity index (χ2n) is 3.25. The molecule has 15 heavy (non-hydrogen) atoms. The third-order valence-corrected chi connectivity index (χ3v) is 2.31.